The van der Waals surface area contributed by atoms with Gasteiger partial charge in [-0.2, -0.15) is 0 Å². The molecule has 0 unspecified atom stereocenters. The quantitative estimate of drug-likeness (QED) is 0.692. The summed E-state index contributed by atoms with van der Waals surface area (Å²) in [7, 11) is 0. The van der Waals surface area contributed by atoms with E-state index in [-0.39, 0.29) is 18.7 Å². The number of carbonyl (C=O) groups excluding carboxylic acids is 1. The summed E-state index contributed by atoms with van der Waals surface area (Å²) in [6.45, 7) is 1.67. The Balaban J connectivity index is 1.36. The van der Waals surface area contributed by atoms with Crippen LogP contribution in [0.4, 0.5) is 10.5 Å². The summed E-state index contributed by atoms with van der Waals surface area (Å²) < 4.78 is 18.4. The van der Waals surface area contributed by atoms with Gasteiger partial charge in [0.05, 0.1) is 31.5 Å². The van der Waals surface area contributed by atoms with Gasteiger partial charge in [0.25, 0.3) is 0 Å². The largest absolute Gasteiger partial charge is 0.445 e. The van der Waals surface area contributed by atoms with Crippen molar-refractivity contribution >= 4 is 33.4 Å². The molecule has 0 saturated carbocycles. The van der Waals surface area contributed by atoms with Crippen LogP contribution in [0.15, 0.2) is 58.0 Å². The van der Waals surface area contributed by atoms with Crippen molar-refractivity contribution in [3.8, 4) is 0 Å². The second-order valence-electron chi connectivity index (χ2n) is 7.55. The number of amides is 1. The first-order chi connectivity index (χ1) is 14.1. The van der Waals surface area contributed by atoms with Crippen LogP contribution < -0.4 is 0 Å². The van der Waals surface area contributed by atoms with Crippen LogP contribution in [0.1, 0.15) is 17.5 Å². The van der Waals surface area contributed by atoms with E-state index in [1.165, 1.54) is 0 Å². The summed E-state index contributed by atoms with van der Waals surface area (Å²) in [5.74, 6) is -0.756. The first-order valence-corrected chi connectivity index (χ1v) is 10.5. The lowest BCUT2D eigenvalue weighted by Gasteiger charge is -2.24. The molecule has 3 aliphatic heterocycles. The SMILES string of the molecule is O=C(OCc1ccccc1)N1CC2(C[C@H]1C1=Nc3ccc(Br)cc3C1)OCCO2. The molecule has 0 aliphatic carbocycles. The number of likely N-dealkylation sites (tertiary alicyclic amines) is 1. The fourth-order valence-electron chi connectivity index (χ4n) is 4.22. The Bertz CT molecular complexity index is 957. The van der Waals surface area contributed by atoms with Crippen LogP contribution >= 0.6 is 15.9 Å². The minimum atomic E-state index is -0.756. The summed E-state index contributed by atoms with van der Waals surface area (Å²) in [5, 5.41) is 0. The van der Waals surface area contributed by atoms with Gasteiger partial charge in [-0.15, -0.1) is 0 Å². The number of benzene rings is 2. The topological polar surface area (TPSA) is 60.4 Å². The molecule has 3 heterocycles. The van der Waals surface area contributed by atoms with Gasteiger partial charge >= 0.3 is 6.09 Å². The van der Waals surface area contributed by atoms with Crippen molar-refractivity contribution < 1.29 is 19.0 Å². The minimum Gasteiger partial charge on any atom is -0.445 e. The molecule has 1 atom stereocenters. The Morgan fingerprint density at radius 1 is 1.21 bits per heavy atom. The minimum absolute atomic E-state index is 0.206. The molecule has 0 radical (unpaired) electrons. The zero-order valence-electron chi connectivity index (χ0n) is 15.8. The highest BCUT2D eigenvalue weighted by atomic mass is 79.9. The van der Waals surface area contributed by atoms with E-state index in [1.807, 2.05) is 42.5 Å². The average molecular weight is 457 g/mol. The van der Waals surface area contributed by atoms with Crippen LogP contribution in [0.3, 0.4) is 0 Å². The standard InChI is InChI=1S/C22H21BrN2O4/c23-17-6-7-18-16(10-17)11-19(24-18)20-12-22(28-8-9-29-22)14-25(20)21(26)27-13-15-4-2-1-3-5-15/h1-7,10,20H,8-9,11-14H2/t20-/m0/s1. The van der Waals surface area contributed by atoms with E-state index in [4.69, 9.17) is 19.2 Å². The number of fused-ring (bicyclic) bond motifs is 1. The van der Waals surface area contributed by atoms with E-state index < -0.39 is 5.79 Å². The second kappa shape index (κ2) is 7.55. The van der Waals surface area contributed by atoms with Gasteiger partial charge < -0.3 is 14.2 Å². The third kappa shape index (κ3) is 3.70. The smallest absolute Gasteiger partial charge is 0.410 e. The van der Waals surface area contributed by atoms with E-state index in [0.717, 1.165) is 27.0 Å². The van der Waals surface area contributed by atoms with Crippen LogP contribution in [0.25, 0.3) is 0 Å². The molecule has 0 bridgehead atoms. The molecule has 2 saturated heterocycles. The molecular formula is C22H21BrN2O4. The van der Waals surface area contributed by atoms with Crippen molar-refractivity contribution in [2.75, 3.05) is 19.8 Å². The van der Waals surface area contributed by atoms with Crippen molar-refractivity contribution in [3.05, 3.63) is 64.1 Å². The van der Waals surface area contributed by atoms with Crippen LogP contribution in [-0.2, 0) is 27.2 Å². The Hall–Kier alpha value is -2.22. The van der Waals surface area contributed by atoms with Crippen LogP contribution in [-0.4, -0.2) is 48.3 Å². The molecule has 5 rings (SSSR count). The summed E-state index contributed by atoms with van der Waals surface area (Å²) >= 11 is 3.52. The fraction of sp³-hybridized carbons (Fsp3) is 0.364. The van der Waals surface area contributed by atoms with Gasteiger partial charge in [-0.1, -0.05) is 46.3 Å². The van der Waals surface area contributed by atoms with Gasteiger partial charge in [-0.25, -0.2) is 4.79 Å². The van der Waals surface area contributed by atoms with Crippen LogP contribution in [0.5, 0.6) is 0 Å². The Labute approximate surface area is 177 Å². The second-order valence-corrected chi connectivity index (χ2v) is 8.46. The van der Waals surface area contributed by atoms with Crippen LogP contribution in [0.2, 0.25) is 0 Å². The van der Waals surface area contributed by atoms with Crippen LogP contribution in [0, 0.1) is 0 Å². The number of nitrogens with zero attached hydrogens (tertiary/aromatic N) is 2. The predicted octanol–water partition coefficient (Wildman–Crippen LogP) is 4.23. The van der Waals surface area contributed by atoms with Crippen molar-refractivity contribution in [2.24, 2.45) is 4.99 Å². The summed E-state index contributed by atoms with van der Waals surface area (Å²) in [5.41, 5.74) is 4.01. The van der Waals surface area contributed by atoms with Gasteiger partial charge in [0.15, 0.2) is 5.79 Å². The molecule has 2 aromatic rings. The van der Waals surface area contributed by atoms with E-state index in [1.54, 1.807) is 4.90 Å². The lowest BCUT2D eigenvalue weighted by Crippen LogP contribution is -2.41. The normalized spacial score (nSPS) is 22.0. The number of carbonyl (C=O) groups is 1. The first-order valence-electron chi connectivity index (χ1n) is 9.73. The van der Waals surface area contributed by atoms with E-state index >= 15 is 0 Å². The van der Waals surface area contributed by atoms with E-state index in [0.29, 0.717) is 32.6 Å². The summed E-state index contributed by atoms with van der Waals surface area (Å²) in [6, 6.07) is 15.5. The molecule has 1 spiro atoms. The molecule has 0 aromatic heterocycles. The highest BCUT2D eigenvalue weighted by molar-refractivity contribution is 9.10. The predicted molar refractivity (Wildman–Crippen MR) is 111 cm³/mol. The van der Waals surface area contributed by atoms with Gasteiger partial charge in [-0.05, 0) is 29.3 Å². The monoisotopic (exact) mass is 456 g/mol. The third-order valence-corrected chi connectivity index (χ3v) is 6.10. The number of hydrogen-bond acceptors (Lipinski definition) is 5. The summed E-state index contributed by atoms with van der Waals surface area (Å²) in [6.07, 6.45) is 0.911. The number of hydrogen-bond donors (Lipinski definition) is 0. The molecule has 7 heteroatoms. The molecule has 0 N–H and O–H groups in total. The molecule has 2 aromatic carbocycles. The number of ether oxygens (including phenoxy) is 3. The molecule has 29 heavy (non-hydrogen) atoms. The molecule has 1 amide bonds. The first kappa shape index (κ1) is 18.8. The Kier molecular flexibility index (Phi) is 4.89. The van der Waals surface area contributed by atoms with Crippen molar-refractivity contribution in [3.63, 3.8) is 0 Å². The maximum absolute atomic E-state index is 13.0. The highest BCUT2D eigenvalue weighted by Gasteiger charge is 2.52. The Morgan fingerprint density at radius 2 is 2.00 bits per heavy atom. The number of rotatable bonds is 3. The molecule has 150 valence electrons. The van der Waals surface area contributed by atoms with E-state index in [2.05, 4.69) is 22.0 Å². The Morgan fingerprint density at radius 3 is 2.79 bits per heavy atom. The molecule has 2 fully saturated rings. The maximum atomic E-state index is 13.0. The van der Waals surface area contributed by atoms with Gasteiger partial charge in [0.2, 0.25) is 0 Å². The maximum Gasteiger partial charge on any atom is 0.410 e. The van der Waals surface area contributed by atoms with Gasteiger partial charge in [0, 0.05) is 23.0 Å². The van der Waals surface area contributed by atoms with Crippen molar-refractivity contribution in [1.29, 1.82) is 0 Å². The number of aliphatic imine (C=N–C) groups is 1. The number of halogens is 1. The zero-order valence-corrected chi connectivity index (χ0v) is 17.4. The third-order valence-electron chi connectivity index (χ3n) is 5.61. The average Bonchev–Trinajstić information content (AvgIpc) is 3.45. The lowest BCUT2D eigenvalue weighted by atomic mass is 10.0. The molecular weight excluding hydrogens is 436 g/mol. The van der Waals surface area contributed by atoms with Gasteiger partial charge in [-0.3, -0.25) is 9.89 Å². The molecule has 6 nitrogen and oxygen atoms in total. The van der Waals surface area contributed by atoms with Crippen molar-refractivity contribution in [2.45, 2.75) is 31.3 Å². The zero-order chi connectivity index (χ0) is 19.8. The lowest BCUT2D eigenvalue weighted by molar-refractivity contribution is -0.144. The highest BCUT2D eigenvalue weighted by Crippen LogP contribution is 2.39. The van der Waals surface area contributed by atoms with Gasteiger partial charge in [0.1, 0.15) is 6.61 Å². The van der Waals surface area contributed by atoms with E-state index in [9.17, 15) is 4.79 Å². The fourth-order valence-corrected chi connectivity index (χ4v) is 4.63. The molecule has 3 aliphatic rings. The van der Waals surface area contributed by atoms with Crippen molar-refractivity contribution in [1.82, 2.24) is 4.90 Å². The summed E-state index contributed by atoms with van der Waals surface area (Å²) in [4.78, 5) is 19.5.